The molecule has 8 aliphatic rings. The summed E-state index contributed by atoms with van der Waals surface area (Å²) in [7, 11) is 0. The number of fused-ring (bicyclic) bond motifs is 7. The first-order chi connectivity index (χ1) is 34.4. The van der Waals surface area contributed by atoms with Crippen LogP contribution in [0.4, 0.5) is 0 Å². The van der Waals surface area contributed by atoms with E-state index in [2.05, 4.69) is 27.7 Å². The molecule has 0 N–H and O–H groups in total. The second-order valence-electron chi connectivity index (χ2n) is 22.9. The highest BCUT2D eigenvalue weighted by Crippen LogP contribution is 2.71. The zero-order valence-corrected chi connectivity index (χ0v) is 44.3. The lowest BCUT2D eigenvalue weighted by atomic mass is 9.44. The number of carbonyl (C=O) groups excluding carboxylic acids is 7. The highest BCUT2D eigenvalue weighted by molar-refractivity contribution is 5.69. The standard InChI is InChI=1S/C53H78O20/c1-25-14-19-53(63-22-25)26(2)42-39(73-53)21-38-36-13-12-34-20-35(15-17-51(34,10)37(36)16-18-52(38,42)11)69-49-47(67-32(8)59)46(66-31(7)58)44(41(70-49)24-62-28(4)55)72-50-48(68-33(9)60)45(65-30(6)57)43(64-29(5)56)40(71-50)23-61-27(3)54/h25-26,34-50H,12-24H2,1-11H3/t25-,26+,34+,35+,36-,37+,38+,39+,40-,41-,42+,43-,44-,45+,46+,47-,48-,49+,50+,51+,52+,53-/m1/s1. The summed E-state index contributed by atoms with van der Waals surface area (Å²) in [5, 5.41) is 0. The topological polar surface area (TPSA) is 239 Å². The monoisotopic (exact) mass is 1030 g/mol. The third-order valence-electron chi connectivity index (χ3n) is 18.1. The molecule has 4 aliphatic heterocycles. The van der Waals surface area contributed by atoms with Crippen LogP contribution >= 0.6 is 0 Å². The fourth-order valence-electron chi connectivity index (χ4n) is 15.1. The lowest BCUT2D eigenvalue weighted by molar-refractivity contribution is -0.365. The number of hydrogen-bond donors (Lipinski definition) is 0. The van der Waals surface area contributed by atoms with Crippen LogP contribution < -0.4 is 0 Å². The SMILES string of the molecule is CC(=O)OC[C@H]1O[C@@H](O[C@H]2[C@H](OC(C)=O)[C@@H](OC(C)=O)[C@@H](O[C@H]3CC[C@@]4(C)[C@@H](CC[C@@H]5[C@@H]4CC[C@]4(C)[C@@H]6[C@H](C[C@@H]54)O[C@]4(CC[C@@H](C)CO4)[C@H]6C)C3)O[C@@H]2COC(C)=O)[C@H](OC(C)=O)[C@@H](OC(C)=O)[C@@H]1OC(C)=O. The van der Waals surface area contributed by atoms with Gasteiger partial charge < -0.3 is 61.6 Å². The number of ether oxygens (including phenoxy) is 13. The zero-order valence-electron chi connectivity index (χ0n) is 44.3. The minimum Gasteiger partial charge on any atom is -0.463 e. The molecule has 0 aromatic carbocycles. The average Bonchev–Trinajstić information content (AvgIpc) is 3.75. The summed E-state index contributed by atoms with van der Waals surface area (Å²) in [5.74, 6) is -2.67. The van der Waals surface area contributed by atoms with E-state index in [4.69, 9.17) is 61.6 Å². The molecule has 1 spiro atoms. The Bertz CT molecular complexity index is 2070. The van der Waals surface area contributed by atoms with Gasteiger partial charge in [-0.15, -0.1) is 0 Å². The van der Waals surface area contributed by atoms with Crippen molar-refractivity contribution in [3.8, 4) is 0 Å². The second-order valence-corrected chi connectivity index (χ2v) is 22.9. The smallest absolute Gasteiger partial charge is 0.303 e. The van der Waals surface area contributed by atoms with Gasteiger partial charge in [0.1, 0.15) is 31.5 Å². The summed E-state index contributed by atoms with van der Waals surface area (Å²) in [6.07, 6.45) is -5.52. The van der Waals surface area contributed by atoms with E-state index in [9.17, 15) is 33.6 Å². The Morgan fingerprint density at radius 2 is 1.04 bits per heavy atom. The first-order valence-electron chi connectivity index (χ1n) is 26.5. The molecule has 0 amide bonds. The van der Waals surface area contributed by atoms with Crippen LogP contribution in [0.2, 0.25) is 0 Å². The van der Waals surface area contributed by atoms with Crippen LogP contribution in [0.5, 0.6) is 0 Å². The van der Waals surface area contributed by atoms with Gasteiger partial charge in [0.2, 0.25) is 0 Å². The molecule has 0 aromatic heterocycles. The maximum absolute atomic E-state index is 13.1. The lowest BCUT2D eigenvalue weighted by Gasteiger charge is -2.61. The van der Waals surface area contributed by atoms with Crippen molar-refractivity contribution >= 4 is 41.8 Å². The first kappa shape index (κ1) is 55.3. The van der Waals surface area contributed by atoms with Crippen LogP contribution in [-0.4, -0.2) is 141 Å². The molecule has 20 nitrogen and oxygen atoms in total. The molecule has 4 saturated carbocycles. The van der Waals surface area contributed by atoms with Gasteiger partial charge in [-0.1, -0.05) is 27.7 Å². The highest BCUT2D eigenvalue weighted by atomic mass is 16.8. The van der Waals surface area contributed by atoms with Gasteiger partial charge in [-0.2, -0.15) is 0 Å². The minimum atomic E-state index is -1.78. The summed E-state index contributed by atoms with van der Waals surface area (Å²) in [6, 6.07) is 0. The summed E-state index contributed by atoms with van der Waals surface area (Å²) >= 11 is 0. The van der Waals surface area contributed by atoms with Gasteiger partial charge in [-0.25, -0.2) is 0 Å². The second kappa shape index (κ2) is 22.0. The van der Waals surface area contributed by atoms with Crippen LogP contribution in [0.15, 0.2) is 0 Å². The van der Waals surface area contributed by atoms with E-state index in [1.165, 1.54) is 13.8 Å². The van der Waals surface area contributed by atoms with Crippen LogP contribution in [0.25, 0.3) is 0 Å². The number of esters is 7. The van der Waals surface area contributed by atoms with Crippen molar-refractivity contribution in [3.05, 3.63) is 0 Å². The lowest BCUT2D eigenvalue weighted by Crippen LogP contribution is -2.67. The van der Waals surface area contributed by atoms with E-state index in [0.29, 0.717) is 54.3 Å². The Labute approximate surface area is 427 Å². The summed E-state index contributed by atoms with van der Waals surface area (Å²) < 4.78 is 79.2. The molecule has 73 heavy (non-hydrogen) atoms. The fourth-order valence-corrected chi connectivity index (χ4v) is 15.1. The van der Waals surface area contributed by atoms with Crippen molar-refractivity contribution in [2.75, 3.05) is 19.8 Å². The summed E-state index contributed by atoms with van der Waals surface area (Å²) in [5.41, 5.74) is 0.242. The Kier molecular flexibility index (Phi) is 16.6. The largest absolute Gasteiger partial charge is 0.463 e. The summed E-state index contributed by atoms with van der Waals surface area (Å²) in [4.78, 5) is 88.3. The molecule has 22 atom stereocenters. The molecule has 0 unspecified atom stereocenters. The maximum atomic E-state index is 13.1. The molecule has 410 valence electrons. The molecule has 4 saturated heterocycles. The third-order valence-corrected chi connectivity index (χ3v) is 18.1. The predicted molar refractivity (Wildman–Crippen MR) is 250 cm³/mol. The minimum absolute atomic E-state index is 0.0577. The fraction of sp³-hybridized carbons (Fsp3) is 0.868. The van der Waals surface area contributed by atoms with E-state index >= 15 is 0 Å². The normalized spacial score (nSPS) is 44.7. The number of hydrogen-bond acceptors (Lipinski definition) is 20. The zero-order chi connectivity index (χ0) is 52.9. The van der Waals surface area contributed by atoms with E-state index in [-0.39, 0.29) is 23.0 Å². The van der Waals surface area contributed by atoms with Crippen molar-refractivity contribution in [3.63, 3.8) is 0 Å². The molecule has 20 heteroatoms. The first-order valence-corrected chi connectivity index (χ1v) is 26.5. The van der Waals surface area contributed by atoms with E-state index in [0.717, 1.165) is 92.6 Å². The molecule has 0 bridgehead atoms. The van der Waals surface area contributed by atoms with Gasteiger partial charge in [0.05, 0.1) is 18.8 Å². The number of carbonyl (C=O) groups is 7. The van der Waals surface area contributed by atoms with Crippen LogP contribution in [-0.2, 0) is 95.1 Å². The third kappa shape index (κ3) is 11.3. The Balaban J connectivity index is 1.03. The predicted octanol–water partition coefficient (Wildman–Crippen LogP) is 5.44. The molecule has 8 rings (SSSR count). The van der Waals surface area contributed by atoms with Crippen molar-refractivity contribution in [1.29, 1.82) is 0 Å². The molecular weight excluding hydrogens is 957 g/mol. The quantitative estimate of drug-likeness (QED) is 0.127. The average molecular weight is 1040 g/mol. The van der Waals surface area contributed by atoms with Crippen molar-refractivity contribution in [2.45, 2.75) is 220 Å². The van der Waals surface area contributed by atoms with Gasteiger partial charge in [0, 0.05) is 60.8 Å². The van der Waals surface area contributed by atoms with Gasteiger partial charge in [0.25, 0.3) is 0 Å². The van der Waals surface area contributed by atoms with E-state index < -0.39 is 122 Å². The molecular formula is C53H78O20. The molecule has 0 radical (unpaired) electrons. The highest BCUT2D eigenvalue weighted by Gasteiger charge is 2.69. The van der Waals surface area contributed by atoms with Gasteiger partial charge in [-0.3, -0.25) is 33.6 Å². The van der Waals surface area contributed by atoms with Crippen LogP contribution in [0.3, 0.4) is 0 Å². The van der Waals surface area contributed by atoms with E-state index in [1.807, 2.05) is 0 Å². The van der Waals surface area contributed by atoms with Crippen molar-refractivity contribution < 1.29 is 95.1 Å². The van der Waals surface area contributed by atoms with Crippen LogP contribution in [0.1, 0.15) is 140 Å². The molecule has 8 fully saturated rings. The Hall–Kier alpha value is -3.95. The molecule has 4 heterocycles. The van der Waals surface area contributed by atoms with Crippen molar-refractivity contribution in [2.24, 2.45) is 52.3 Å². The van der Waals surface area contributed by atoms with Gasteiger partial charge in [0.15, 0.2) is 48.9 Å². The molecule has 4 aliphatic carbocycles. The van der Waals surface area contributed by atoms with Crippen LogP contribution in [0, 0.1) is 52.3 Å². The maximum Gasteiger partial charge on any atom is 0.303 e. The van der Waals surface area contributed by atoms with Gasteiger partial charge >= 0.3 is 41.8 Å². The molecule has 0 aromatic rings. The summed E-state index contributed by atoms with van der Waals surface area (Å²) in [6.45, 7) is 17.2. The Morgan fingerprint density at radius 1 is 0.521 bits per heavy atom. The van der Waals surface area contributed by atoms with Crippen molar-refractivity contribution in [1.82, 2.24) is 0 Å². The van der Waals surface area contributed by atoms with E-state index in [1.54, 1.807) is 0 Å². The number of rotatable bonds is 13. The Morgan fingerprint density at radius 3 is 1.59 bits per heavy atom. The van der Waals surface area contributed by atoms with Gasteiger partial charge in [-0.05, 0) is 104 Å².